The Balaban J connectivity index is 2.61. The first kappa shape index (κ1) is 15.5. The van der Waals surface area contributed by atoms with E-state index in [4.69, 9.17) is 0 Å². The maximum atomic E-state index is 12.5. The van der Waals surface area contributed by atoms with Crippen molar-refractivity contribution in [2.75, 3.05) is 26.2 Å². The summed E-state index contributed by atoms with van der Waals surface area (Å²) in [6, 6.07) is 0.302. The number of rotatable bonds is 5. The molecule has 1 atom stereocenters. The van der Waals surface area contributed by atoms with Crippen LogP contribution in [-0.4, -0.2) is 43.3 Å². The Morgan fingerprint density at radius 3 is 2.44 bits per heavy atom. The molecule has 0 aromatic rings. The number of halogens is 3. The molecule has 0 aromatic carbocycles. The number of likely N-dealkylation sites (N-methyl/N-ethyl adjacent to an activating group) is 1. The fourth-order valence-electron chi connectivity index (χ4n) is 2.32. The lowest BCUT2D eigenvalue weighted by Gasteiger charge is -2.36. The van der Waals surface area contributed by atoms with Gasteiger partial charge in [0.25, 0.3) is 0 Å². The predicted octanol–water partition coefficient (Wildman–Crippen LogP) is 2.81. The molecule has 0 saturated carbocycles. The zero-order valence-electron chi connectivity index (χ0n) is 11.3. The zero-order chi connectivity index (χ0) is 13.8. The van der Waals surface area contributed by atoms with Crippen molar-refractivity contribution in [3.05, 3.63) is 11.6 Å². The van der Waals surface area contributed by atoms with E-state index < -0.39 is 6.18 Å². The van der Waals surface area contributed by atoms with Gasteiger partial charge in [0.05, 0.1) is 0 Å². The second-order valence-electron chi connectivity index (χ2n) is 5.09. The molecule has 0 spiro atoms. The summed E-state index contributed by atoms with van der Waals surface area (Å²) in [6.45, 7) is 8.90. The van der Waals surface area contributed by atoms with E-state index in [0.717, 1.165) is 13.1 Å². The molecule has 18 heavy (non-hydrogen) atoms. The minimum Gasteiger partial charge on any atom is -0.315 e. The van der Waals surface area contributed by atoms with Crippen LogP contribution in [0.2, 0.25) is 0 Å². The maximum absolute atomic E-state index is 12.5. The van der Waals surface area contributed by atoms with Crippen LogP contribution in [0.4, 0.5) is 13.2 Å². The van der Waals surface area contributed by atoms with Crippen LogP contribution in [0.15, 0.2) is 11.6 Å². The summed E-state index contributed by atoms with van der Waals surface area (Å²) < 4.78 is 37.6. The van der Waals surface area contributed by atoms with E-state index >= 15 is 0 Å². The number of nitrogens with one attached hydrogen (secondary N) is 1. The largest absolute Gasteiger partial charge is 0.412 e. The van der Waals surface area contributed by atoms with Gasteiger partial charge in [-0.1, -0.05) is 26.8 Å². The third-order valence-corrected chi connectivity index (χ3v) is 3.45. The molecule has 1 aliphatic heterocycles. The van der Waals surface area contributed by atoms with Gasteiger partial charge in [-0.25, -0.2) is 0 Å². The third-order valence-electron chi connectivity index (χ3n) is 3.45. The SMILES string of the molecule is CCNCC(C(C)C)N1CC=C(C(F)(F)F)CC1. The second kappa shape index (κ2) is 6.57. The topological polar surface area (TPSA) is 15.3 Å². The van der Waals surface area contributed by atoms with Gasteiger partial charge in [-0.2, -0.15) is 13.2 Å². The first-order valence-corrected chi connectivity index (χ1v) is 6.57. The summed E-state index contributed by atoms with van der Waals surface area (Å²) in [6.07, 6.45) is -2.70. The molecule has 5 heteroatoms. The third kappa shape index (κ3) is 4.28. The van der Waals surface area contributed by atoms with Crippen LogP contribution in [0, 0.1) is 5.92 Å². The highest BCUT2D eigenvalue weighted by molar-refractivity contribution is 5.13. The van der Waals surface area contributed by atoms with Crippen LogP contribution in [0.5, 0.6) is 0 Å². The van der Waals surface area contributed by atoms with Crippen LogP contribution in [0.1, 0.15) is 27.2 Å². The van der Waals surface area contributed by atoms with Crippen LogP contribution in [-0.2, 0) is 0 Å². The summed E-state index contributed by atoms with van der Waals surface area (Å²) in [4.78, 5) is 2.14. The molecule has 1 N–H and O–H groups in total. The minimum atomic E-state index is -4.15. The number of hydrogen-bond donors (Lipinski definition) is 1. The van der Waals surface area contributed by atoms with Crippen LogP contribution in [0.3, 0.4) is 0 Å². The molecule has 0 radical (unpaired) electrons. The number of alkyl halides is 3. The molecular formula is C13H23F3N2. The van der Waals surface area contributed by atoms with Gasteiger partial charge in [-0.15, -0.1) is 0 Å². The van der Waals surface area contributed by atoms with Gasteiger partial charge in [-0.3, -0.25) is 4.90 Å². The van der Waals surface area contributed by atoms with E-state index in [0.29, 0.717) is 25.0 Å². The molecule has 1 heterocycles. The average Bonchev–Trinajstić information content (AvgIpc) is 2.28. The Kier molecular flexibility index (Phi) is 5.66. The fourth-order valence-corrected chi connectivity index (χ4v) is 2.32. The molecular weight excluding hydrogens is 241 g/mol. The number of hydrogen-bond acceptors (Lipinski definition) is 2. The summed E-state index contributed by atoms with van der Waals surface area (Å²) in [7, 11) is 0. The van der Waals surface area contributed by atoms with Gasteiger partial charge < -0.3 is 5.32 Å². The molecule has 0 amide bonds. The molecule has 106 valence electrons. The van der Waals surface area contributed by atoms with Crippen molar-refractivity contribution >= 4 is 0 Å². The van der Waals surface area contributed by atoms with Crippen molar-refractivity contribution in [3.63, 3.8) is 0 Å². The highest BCUT2D eigenvalue weighted by Gasteiger charge is 2.36. The molecule has 0 bridgehead atoms. The Labute approximate surface area is 107 Å². The summed E-state index contributed by atoms with van der Waals surface area (Å²) >= 11 is 0. The first-order valence-electron chi connectivity index (χ1n) is 6.57. The highest BCUT2D eigenvalue weighted by Crippen LogP contribution is 2.31. The second-order valence-corrected chi connectivity index (χ2v) is 5.09. The Hall–Kier alpha value is -0.550. The Morgan fingerprint density at radius 2 is 2.06 bits per heavy atom. The molecule has 0 aliphatic carbocycles. The van der Waals surface area contributed by atoms with Gasteiger partial charge in [-0.05, 0) is 18.9 Å². The van der Waals surface area contributed by atoms with E-state index in [9.17, 15) is 13.2 Å². The monoisotopic (exact) mass is 264 g/mol. The fraction of sp³-hybridized carbons (Fsp3) is 0.846. The normalized spacial score (nSPS) is 20.1. The van der Waals surface area contributed by atoms with Crippen molar-refractivity contribution in [2.45, 2.75) is 39.4 Å². The van der Waals surface area contributed by atoms with E-state index in [-0.39, 0.29) is 12.0 Å². The van der Waals surface area contributed by atoms with Crippen molar-refractivity contribution in [3.8, 4) is 0 Å². The summed E-state index contributed by atoms with van der Waals surface area (Å²) in [5.74, 6) is 0.435. The first-order chi connectivity index (χ1) is 8.36. The molecule has 1 aliphatic rings. The molecule has 0 aromatic heterocycles. The molecule has 2 nitrogen and oxygen atoms in total. The average molecular weight is 264 g/mol. The van der Waals surface area contributed by atoms with E-state index in [1.165, 1.54) is 6.08 Å². The summed E-state index contributed by atoms with van der Waals surface area (Å²) in [5.41, 5.74) is -0.371. The van der Waals surface area contributed by atoms with Crippen molar-refractivity contribution < 1.29 is 13.2 Å². The lowest BCUT2D eigenvalue weighted by Crippen LogP contribution is -2.47. The molecule has 1 rings (SSSR count). The van der Waals surface area contributed by atoms with Crippen LogP contribution < -0.4 is 5.32 Å². The maximum Gasteiger partial charge on any atom is 0.412 e. The molecule has 0 saturated heterocycles. The Bertz CT molecular complexity index is 284. The quantitative estimate of drug-likeness (QED) is 0.768. The standard InChI is InChI=1S/C13H23F3N2/c1-4-17-9-12(10(2)3)18-7-5-11(6-8-18)13(14,15)16/h5,10,12,17H,4,6-9H2,1-3H3. The van der Waals surface area contributed by atoms with Gasteiger partial charge in [0.1, 0.15) is 0 Å². The summed E-state index contributed by atoms with van der Waals surface area (Å²) in [5, 5.41) is 3.28. The van der Waals surface area contributed by atoms with E-state index in [1.807, 2.05) is 6.92 Å². The Morgan fingerprint density at radius 1 is 1.39 bits per heavy atom. The lowest BCUT2D eigenvalue weighted by molar-refractivity contribution is -0.0965. The smallest absolute Gasteiger partial charge is 0.315 e. The number of nitrogens with zero attached hydrogens (tertiary/aromatic N) is 1. The van der Waals surface area contributed by atoms with Crippen molar-refractivity contribution in [1.82, 2.24) is 10.2 Å². The van der Waals surface area contributed by atoms with Gasteiger partial charge >= 0.3 is 6.18 Å². The lowest BCUT2D eigenvalue weighted by atomic mass is 9.99. The molecule has 1 unspecified atom stereocenters. The molecule has 0 fully saturated rings. The van der Waals surface area contributed by atoms with E-state index in [1.54, 1.807) is 0 Å². The van der Waals surface area contributed by atoms with Crippen LogP contribution in [0.25, 0.3) is 0 Å². The zero-order valence-corrected chi connectivity index (χ0v) is 11.3. The predicted molar refractivity (Wildman–Crippen MR) is 67.5 cm³/mol. The van der Waals surface area contributed by atoms with Crippen molar-refractivity contribution in [2.24, 2.45) is 5.92 Å². The highest BCUT2D eigenvalue weighted by atomic mass is 19.4. The van der Waals surface area contributed by atoms with E-state index in [2.05, 4.69) is 24.1 Å². The van der Waals surface area contributed by atoms with Crippen LogP contribution >= 0.6 is 0 Å². The van der Waals surface area contributed by atoms with Gasteiger partial charge in [0.15, 0.2) is 0 Å². The van der Waals surface area contributed by atoms with Gasteiger partial charge in [0.2, 0.25) is 0 Å². The van der Waals surface area contributed by atoms with Gasteiger partial charge in [0, 0.05) is 31.2 Å². The minimum absolute atomic E-state index is 0.110. The van der Waals surface area contributed by atoms with Crippen molar-refractivity contribution in [1.29, 1.82) is 0 Å².